The van der Waals surface area contributed by atoms with Crippen molar-refractivity contribution >= 4 is 40.6 Å². The lowest BCUT2D eigenvalue weighted by molar-refractivity contribution is 0.0961. The van der Waals surface area contributed by atoms with E-state index in [-0.39, 0.29) is 21.6 Å². The number of hydrogen-bond donors (Lipinski definition) is 1. The maximum absolute atomic E-state index is 13.5. The van der Waals surface area contributed by atoms with Crippen LogP contribution in [0.3, 0.4) is 0 Å². The number of aromatic nitrogens is 4. The molecule has 3 rings (SSSR count). The Morgan fingerprint density at radius 1 is 1.11 bits per heavy atom. The first-order valence-electron chi connectivity index (χ1n) is 12.1. The molecule has 3 heterocycles. The molecule has 2 radical (unpaired) electrons. The quantitative estimate of drug-likeness (QED) is 0.301. The predicted octanol–water partition coefficient (Wildman–Crippen LogP) is 5.23. The number of nitrogens with two attached hydrogens (primary N) is 1. The molecule has 0 saturated heterocycles. The Morgan fingerprint density at radius 3 is 2.42 bits per heavy atom. The number of nitrogens with zero attached hydrogens (tertiary/aromatic N) is 4. The monoisotopic (exact) mass is 525 g/mol. The first-order valence-corrected chi connectivity index (χ1v) is 16.0. The topological polar surface area (TPSA) is 105 Å². The molecule has 3 aromatic rings. The van der Waals surface area contributed by atoms with Gasteiger partial charge in [0, 0.05) is 29.7 Å². The minimum atomic E-state index is -2.06. The highest BCUT2D eigenvalue weighted by Crippen LogP contribution is 2.38. The van der Waals surface area contributed by atoms with E-state index in [2.05, 4.69) is 76.5 Å². The van der Waals surface area contributed by atoms with Gasteiger partial charge in [0.25, 0.3) is 0 Å². The van der Waals surface area contributed by atoms with Crippen molar-refractivity contribution in [3.8, 4) is 0 Å². The van der Waals surface area contributed by atoms with E-state index in [0.717, 1.165) is 0 Å². The molecule has 2 N–H and O–H groups in total. The molecule has 0 fully saturated rings. The summed E-state index contributed by atoms with van der Waals surface area (Å²) in [7, 11) is -1.74. The molecule has 0 aromatic carbocycles. The highest BCUT2D eigenvalue weighted by atomic mass is 28.4. The van der Waals surface area contributed by atoms with Crippen molar-refractivity contribution in [2.24, 2.45) is 0 Å². The lowest BCUT2D eigenvalue weighted by atomic mass is 10.1. The molecule has 0 amide bonds. The molecule has 36 heavy (non-hydrogen) atoms. The van der Waals surface area contributed by atoms with Crippen molar-refractivity contribution in [3.63, 3.8) is 0 Å². The third-order valence-electron chi connectivity index (χ3n) is 6.62. The predicted molar refractivity (Wildman–Crippen MR) is 148 cm³/mol. The Hall–Kier alpha value is -2.41. The van der Waals surface area contributed by atoms with Crippen LogP contribution in [0.25, 0.3) is 11.0 Å². The first-order chi connectivity index (χ1) is 16.5. The zero-order valence-electron chi connectivity index (χ0n) is 23.0. The Morgan fingerprint density at radius 2 is 1.81 bits per heavy atom. The van der Waals surface area contributed by atoms with E-state index >= 15 is 0 Å². The Kier molecular flexibility index (Phi) is 7.95. The number of fused-ring (bicyclic) bond motifs is 1. The summed E-state index contributed by atoms with van der Waals surface area (Å²) in [6.45, 7) is 20.6. The third-order valence-corrected chi connectivity index (χ3v) is 12.0. The van der Waals surface area contributed by atoms with Gasteiger partial charge in [0.05, 0.1) is 24.3 Å². The number of pyridine rings is 1. The Labute approximate surface area is 218 Å². The number of rotatable bonds is 9. The molecule has 3 aromatic heterocycles. The van der Waals surface area contributed by atoms with E-state index in [9.17, 15) is 4.79 Å². The highest BCUT2D eigenvalue weighted by Gasteiger charge is 2.41. The van der Waals surface area contributed by atoms with Gasteiger partial charge in [-0.3, -0.25) is 9.78 Å². The highest BCUT2D eigenvalue weighted by molar-refractivity contribution is 6.74. The van der Waals surface area contributed by atoms with Crippen LogP contribution in [0.4, 0.5) is 5.69 Å². The maximum atomic E-state index is 13.5. The fraction of sp³-hybridized carbons (Fsp3) is 0.538. The van der Waals surface area contributed by atoms with Gasteiger partial charge in [0.15, 0.2) is 8.32 Å². The molecule has 0 aliphatic rings. The average Bonchev–Trinajstić information content (AvgIpc) is 3.16. The molecule has 1 unspecified atom stereocenters. The zero-order chi connectivity index (χ0) is 26.9. The minimum Gasteiger partial charge on any atom is -0.414 e. The second-order valence-corrected chi connectivity index (χ2v) is 19.0. The van der Waals surface area contributed by atoms with Gasteiger partial charge in [-0.1, -0.05) is 41.5 Å². The van der Waals surface area contributed by atoms with Crippen LogP contribution >= 0.6 is 0 Å². The summed E-state index contributed by atoms with van der Waals surface area (Å²) in [6, 6.07) is 3.24. The molecule has 0 saturated carbocycles. The number of carbonyl (C=O) groups excluding carboxylic acids is 1. The summed E-state index contributed by atoms with van der Waals surface area (Å²) < 4.78 is 15.0. The second-order valence-electron chi connectivity index (χ2n) is 12.2. The molecule has 0 spiro atoms. The molecule has 0 bridgehead atoms. The van der Waals surface area contributed by atoms with E-state index < -0.39 is 13.9 Å². The normalized spacial score (nSPS) is 14.7. The van der Waals surface area contributed by atoms with Crippen LogP contribution in [-0.4, -0.2) is 56.6 Å². The minimum absolute atomic E-state index is 0.0438. The lowest BCUT2D eigenvalue weighted by Gasteiger charge is -2.40. The SMILES string of the molecule is CC(C)(C)[Si]OCC(C)(CO[Si](C)(C)C(C)(C)C)n1cc(C(=O)c2cc(N)ccn2)c2cncnc21. The Bertz CT molecular complexity index is 1230. The maximum Gasteiger partial charge on any atom is 0.235 e. The average molecular weight is 526 g/mol. The molecule has 0 aliphatic heterocycles. The first kappa shape index (κ1) is 28.2. The van der Waals surface area contributed by atoms with Crippen molar-refractivity contribution in [1.29, 1.82) is 0 Å². The fourth-order valence-electron chi connectivity index (χ4n) is 3.41. The van der Waals surface area contributed by atoms with E-state index in [1.54, 1.807) is 18.3 Å². The number of hydrogen-bond acceptors (Lipinski definition) is 7. The number of ketones is 1. The smallest absolute Gasteiger partial charge is 0.235 e. The van der Waals surface area contributed by atoms with Crippen LogP contribution in [0.1, 0.15) is 64.5 Å². The third kappa shape index (κ3) is 6.28. The van der Waals surface area contributed by atoms with Crippen LogP contribution in [0.15, 0.2) is 37.1 Å². The van der Waals surface area contributed by atoms with Gasteiger partial charge in [0.2, 0.25) is 15.5 Å². The zero-order valence-corrected chi connectivity index (χ0v) is 25.0. The van der Waals surface area contributed by atoms with Crippen molar-refractivity contribution < 1.29 is 13.6 Å². The van der Waals surface area contributed by atoms with Gasteiger partial charge in [-0.15, -0.1) is 0 Å². The lowest BCUT2D eigenvalue weighted by Crippen LogP contribution is -2.48. The van der Waals surface area contributed by atoms with Crippen molar-refractivity contribution in [3.05, 3.63) is 48.3 Å². The molecular weight excluding hydrogens is 486 g/mol. The van der Waals surface area contributed by atoms with E-state index in [4.69, 9.17) is 14.6 Å². The summed E-state index contributed by atoms with van der Waals surface area (Å²) in [5.41, 5.74) is 7.20. The van der Waals surface area contributed by atoms with Crippen molar-refractivity contribution in [2.75, 3.05) is 18.9 Å². The summed E-state index contributed by atoms with van der Waals surface area (Å²) in [5, 5.41) is 0.758. The van der Waals surface area contributed by atoms with E-state index in [0.29, 0.717) is 45.3 Å². The van der Waals surface area contributed by atoms with Crippen molar-refractivity contribution in [2.45, 2.75) is 77.2 Å². The number of nitrogen functional groups attached to an aromatic ring is 1. The molecule has 194 valence electrons. The fourth-order valence-corrected chi connectivity index (χ4v) is 5.33. The van der Waals surface area contributed by atoms with Gasteiger partial charge in [-0.05, 0) is 42.2 Å². The van der Waals surface area contributed by atoms with Crippen LogP contribution < -0.4 is 5.73 Å². The standard InChI is InChI=1S/C26H39N5O3Si2/c1-24(2,3)35-33-15-26(7,16-34-36(8,9)25(4,5)6)31-14-20(19-13-28-17-30-23(19)31)22(32)21-12-18(27)10-11-29-21/h10-14,17H,15-16H2,1-9H3,(H2,27,29). The Balaban J connectivity index is 2.09. The summed E-state index contributed by atoms with van der Waals surface area (Å²) in [6.07, 6.45) is 6.55. The molecule has 8 nitrogen and oxygen atoms in total. The van der Waals surface area contributed by atoms with Gasteiger partial charge in [0.1, 0.15) is 17.7 Å². The molecular formula is C26H39N5O3Si2. The second kappa shape index (κ2) is 10.2. The summed E-state index contributed by atoms with van der Waals surface area (Å²) in [5.74, 6) is -0.231. The van der Waals surface area contributed by atoms with Crippen LogP contribution in [0, 0.1) is 0 Å². The summed E-state index contributed by atoms with van der Waals surface area (Å²) >= 11 is 0. The van der Waals surface area contributed by atoms with E-state index in [1.165, 1.54) is 12.5 Å². The van der Waals surface area contributed by atoms with Gasteiger partial charge in [-0.2, -0.15) is 0 Å². The number of carbonyl (C=O) groups is 1. The van der Waals surface area contributed by atoms with Crippen molar-refractivity contribution in [1.82, 2.24) is 19.5 Å². The van der Waals surface area contributed by atoms with Crippen LogP contribution in [-0.2, 0) is 14.4 Å². The van der Waals surface area contributed by atoms with Gasteiger partial charge < -0.3 is 19.2 Å². The molecule has 10 heteroatoms. The van der Waals surface area contributed by atoms with Gasteiger partial charge in [-0.25, -0.2) is 9.97 Å². The van der Waals surface area contributed by atoms with Crippen LogP contribution in [0.2, 0.25) is 23.2 Å². The largest absolute Gasteiger partial charge is 0.414 e. The van der Waals surface area contributed by atoms with Crippen LogP contribution in [0.5, 0.6) is 0 Å². The summed E-state index contributed by atoms with van der Waals surface area (Å²) in [4.78, 5) is 26.5. The number of anilines is 1. The van der Waals surface area contributed by atoms with Gasteiger partial charge >= 0.3 is 0 Å². The molecule has 1 atom stereocenters. The van der Waals surface area contributed by atoms with E-state index in [1.807, 2.05) is 10.8 Å². The molecule has 0 aliphatic carbocycles.